The van der Waals surface area contributed by atoms with E-state index in [-0.39, 0.29) is 11.3 Å². The third-order valence-electron chi connectivity index (χ3n) is 3.66. The van der Waals surface area contributed by atoms with E-state index >= 15 is 0 Å². The van der Waals surface area contributed by atoms with Gasteiger partial charge in [-0.05, 0) is 35.6 Å². The van der Waals surface area contributed by atoms with Crippen molar-refractivity contribution in [3.05, 3.63) is 68.2 Å². The van der Waals surface area contributed by atoms with E-state index in [1.165, 1.54) is 18.2 Å². The van der Waals surface area contributed by atoms with E-state index in [1.807, 2.05) is 5.32 Å². The van der Waals surface area contributed by atoms with Crippen LogP contribution in [0.2, 0.25) is 0 Å². The highest BCUT2D eigenvalue weighted by Crippen LogP contribution is 2.27. The number of barbiturate groups is 1. The molecule has 1 N–H and O–H groups in total. The fourth-order valence-corrected chi connectivity index (χ4v) is 2.83. The van der Waals surface area contributed by atoms with E-state index in [0.717, 1.165) is 23.1 Å². The molecule has 4 amide bonds. The molecule has 0 unspecified atom stereocenters. The summed E-state index contributed by atoms with van der Waals surface area (Å²) in [6.45, 7) is 0. The van der Waals surface area contributed by atoms with Crippen LogP contribution in [0.15, 0.2) is 52.5 Å². The molecule has 0 saturated carbocycles. The van der Waals surface area contributed by atoms with Crippen LogP contribution in [-0.2, 0) is 9.59 Å². The normalized spacial score (nSPS) is 15.8. The number of halogens is 1. The largest absolute Gasteiger partial charge is 0.868 e. The summed E-state index contributed by atoms with van der Waals surface area (Å²) in [7, 11) is 0. The second-order valence-electron chi connectivity index (χ2n) is 5.42. The number of imide groups is 2. The van der Waals surface area contributed by atoms with Gasteiger partial charge in [0.1, 0.15) is 5.57 Å². The average Bonchev–Trinajstić information content (AvgIpc) is 2.59. The number of amides is 4. The second kappa shape index (κ2) is 7.00. The van der Waals surface area contributed by atoms with Crippen LogP contribution in [0.25, 0.3) is 6.08 Å². The molecule has 1 heterocycles. The van der Waals surface area contributed by atoms with Gasteiger partial charge in [0.05, 0.1) is 10.6 Å². The third-order valence-corrected chi connectivity index (χ3v) is 4.15. The van der Waals surface area contributed by atoms with Crippen LogP contribution >= 0.6 is 15.9 Å². The SMILES string of the molecule is O=C1NC(=O)N(c2cccc(Br)c2)C(=O)/C1=C/c1ccc([O-])c([N+](=O)[O-])c1. The first-order valence-electron chi connectivity index (χ1n) is 7.40. The Balaban J connectivity index is 2.04. The summed E-state index contributed by atoms with van der Waals surface area (Å²) in [6, 6.07) is 8.57. The highest BCUT2D eigenvalue weighted by atomic mass is 79.9. The van der Waals surface area contributed by atoms with Crippen molar-refractivity contribution in [1.29, 1.82) is 0 Å². The Morgan fingerprint density at radius 1 is 1.11 bits per heavy atom. The van der Waals surface area contributed by atoms with E-state index < -0.39 is 39.8 Å². The van der Waals surface area contributed by atoms with E-state index in [9.17, 15) is 29.6 Å². The van der Waals surface area contributed by atoms with Crippen molar-refractivity contribution in [2.24, 2.45) is 0 Å². The van der Waals surface area contributed by atoms with Gasteiger partial charge in [0.15, 0.2) is 0 Å². The molecule has 1 fully saturated rings. The smallest absolute Gasteiger partial charge is 0.335 e. The molecule has 1 saturated heterocycles. The first-order valence-corrected chi connectivity index (χ1v) is 8.19. The number of carbonyl (C=O) groups excluding carboxylic acids is 3. The van der Waals surface area contributed by atoms with Crippen molar-refractivity contribution in [1.82, 2.24) is 5.32 Å². The fourth-order valence-electron chi connectivity index (χ4n) is 2.44. The van der Waals surface area contributed by atoms with Crippen molar-refractivity contribution < 1.29 is 24.4 Å². The number of nitrogens with zero attached hydrogens (tertiary/aromatic N) is 2. The Morgan fingerprint density at radius 3 is 2.52 bits per heavy atom. The minimum Gasteiger partial charge on any atom is -0.868 e. The van der Waals surface area contributed by atoms with Crippen LogP contribution in [0.5, 0.6) is 5.75 Å². The number of hydrogen-bond acceptors (Lipinski definition) is 6. The minimum absolute atomic E-state index is 0.100. The van der Waals surface area contributed by atoms with Gasteiger partial charge in [-0.2, -0.15) is 0 Å². The van der Waals surface area contributed by atoms with Crippen molar-refractivity contribution in [3.63, 3.8) is 0 Å². The van der Waals surface area contributed by atoms with E-state index in [0.29, 0.717) is 4.47 Å². The lowest BCUT2D eigenvalue weighted by Crippen LogP contribution is -2.54. The quantitative estimate of drug-likeness (QED) is 0.343. The Labute approximate surface area is 160 Å². The maximum Gasteiger partial charge on any atom is 0.335 e. The van der Waals surface area contributed by atoms with Gasteiger partial charge >= 0.3 is 6.03 Å². The van der Waals surface area contributed by atoms with Crippen LogP contribution in [-0.4, -0.2) is 22.8 Å². The summed E-state index contributed by atoms with van der Waals surface area (Å²) in [5.41, 5.74) is -0.759. The lowest BCUT2D eigenvalue weighted by molar-refractivity contribution is -0.398. The predicted molar refractivity (Wildman–Crippen MR) is 95.7 cm³/mol. The molecule has 0 bridgehead atoms. The molecule has 9 nitrogen and oxygen atoms in total. The summed E-state index contributed by atoms with van der Waals surface area (Å²) in [5.74, 6) is -2.63. The molecule has 27 heavy (non-hydrogen) atoms. The molecule has 0 radical (unpaired) electrons. The van der Waals surface area contributed by atoms with Gasteiger partial charge in [-0.3, -0.25) is 25.0 Å². The van der Waals surface area contributed by atoms with Crippen molar-refractivity contribution >= 4 is 51.2 Å². The first kappa shape index (κ1) is 18.3. The molecular formula is C17H9BrN3O6-. The van der Waals surface area contributed by atoms with Gasteiger partial charge in [-0.25, -0.2) is 9.69 Å². The number of nitrogens with one attached hydrogen (secondary N) is 1. The summed E-state index contributed by atoms with van der Waals surface area (Å²) in [6.07, 6.45) is 1.08. The Hall–Kier alpha value is -3.53. The van der Waals surface area contributed by atoms with Crippen LogP contribution < -0.4 is 15.3 Å². The number of nitro groups is 1. The summed E-state index contributed by atoms with van der Waals surface area (Å²) < 4.78 is 0.615. The standard InChI is InChI=1S/C17H10BrN3O6/c18-10-2-1-3-11(8-10)20-16(24)12(15(23)19-17(20)25)6-9-4-5-14(22)13(7-9)21(26)27/h1-8,22H,(H,19,23,25)/p-1/b12-6+. The van der Waals surface area contributed by atoms with Gasteiger partial charge in [0, 0.05) is 10.5 Å². The average molecular weight is 431 g/mol. The topological polar surface area (TPSA) is 133 Å². The highest BCUT2D eigenvalue weighted by Gasteiger charge is 2.36. The molecule has 1 aliphatic rings. The maximum atomic E-state index is 12.7. The number of nitro benzene ring substituents is 1. The molecule has 0 spiro atoms. The molecule has 0 aliphatic carbocycles. The van der Waals surface area contributed by atoms with Crippen LogP contribution in [0, 0.1) is 10.1 Å². The van der Waals surface area contributed by atoms with Crippen LogP contribution in [0.3, 0.4) is 0 Å². The molecule has 2 aromatic rings. The molecular weight excluding hydrogens is 422 g/mol. The monoisotopic (exact) mass is 430 g/mol. The third kappa shape index (κ3) is 3.55. The Bertz CT molecular complexity index is 1030. The first-order chi connectivity index (χ1) is 12.8. The second-order valence-corrected chi connectivity index (χ2v) is 6.34. The fraction of sp³-hybridized carbons (Fsp3) is 0. The highest BCUT2D eigenvalue weighted by molar-refractivity contribution is 9.10. The van der Waals surface area contributed by atoms with Gasteiger partial charge < -0.3 is 5.11 Å². The number of hydrogen-bond donors (Lipinski definition) is 1. The van der Waals surface area contributed by atoms with Gasteiger partial charge in [0.2, 0.25) is 0 Å². The maximum absolute atomic E-state index is 12.7. The number of urea groups is 1. The molecule has 136 valence electrons. The van der Waals surface area contributed by atoms with E-state index in [2.05, 4.69) is 15.9 Å². The minimum atomic E-state index is -0.940. The molecule has 1 aliphatic heterocycles. The van der Waals surface area contributed by atoms with E-state index in [4.69, 9.17) is 0 Å². The summed E-state index contributed by atoms with van der Waals surface area (Å²) in [5, 5.41) is 24.4. The lowest BCUT2D eigenvalue weighted by atomic mass is 10.1. The zero-order valence-electron chi connectivity index (χ0n) is 13.3. The summed E-state index contributed by atoms with van der Waals surface area (Å²) >= 11 is 3.23. The number of benzene rings is 2. The molecule has 3 rings (SSSR count). The molecule has 10 heteroatoms. The zero-order chi connectivity index (χ0) is 19.7. The molecule has 0 aromatic heterocycles. The van der Waals surface area contributed by atoms with Crippen LogP contribution in [0.1, 0.15) is 5.56 Å². The van der Waals surface area contributed by atoms with Crippen LogP contribution in [0.4, 0.5) is 16.2 Å². The Morgan fingerprint density at radius 2 is 1.85 bits per heavy atom. The lowest BCUT2D eigenvalue weighted by Gasteiger charge is -2.26. The van der Waals surface area contributed by atoms with Gasteiger partial charge in [-0.1, -0.05) is 34.1 Å². The number of carbonyl (C=O) groups is 3. The number of rotatable bonds is 3. The van der Waals surface area contributed by atoms with Crippen molar-refractivity contribution in [2.75, 3.05) is 4.90 Å². The molecule has 0 atom stereocenters. The van der Waals surface area contributed by atoms with Gasteiger partial charge in [-0.15, -0.1) is 0 Å². The zero-order valence-corrected chi connectivity index (χ0v) is 14.9. The van der Waals surface area contributed by atoms with Crippen molar-refractivity contribution in [3.8, 4) is 5.75 Å². The van der Waals surface area contributed by atoms with Gasteiger partial charge in [0.25, 0.3) is 17.5 Å². The molecule has 2 aromatic carbocycles. The Kier molecular flexibility index (Phi) is 4.74. The summed E-state index contributed by atoms with van der Waals surface area (Å²) in [4.78, 5) is 47.7. The van der Waals surface area contributed by atoms with E-state index in [1.54, 1.807) is 12.1 Å². The predicted octanol–water partition coefficient (Wildman–Crippen LogP) is 2.10. The number of anilines is 1. The van der Waals surface area contributed by atoms with Crippen molar-refractivity contribution in [2.45, 2.75) is 0 Å².